The first-order chi connectivity index (χ1) is 13.3. The number of hydrogen-bond donors (Lipinski definition) is 1. The van der Waals surface area contributed by atoms with Crippen molar-refractivity contribution in [2.75, 3.05) is 31.6 Å². The van der Waals surface area contributed by atoms with E-state index in [4.69, 9.17) is 9.72 Å². The van der Waals surface area contributed by atoms with Crippen LogP contribution >= 0.6 is 11.3 Å². The standard InChI is InChI=1S/C21H21N3O2S/c25-21(17-4-2-1-3-5-17)22-18-8-6-16(7-9-18)19-15-27-20(23-19)14-24-10-12-26-13-11-24/h1-9,15H,10-14H2,(H,22,25). The highest BCUT2D eigenvalue weighted by Gasteiger charge is 2.13. The molecular weight excluding hydrogens is 358 g/mol. The fourth-order valence-corrected chi connectivity index (χ4v) is 3.83. The number of hydrogen-bond acceptors (Lipinski definition) is 5. The number of nitrogens with zero attached hydrogens (tertiary/aromatic N) is 2. The molecule has 3 aromatic rings. The molecule has 0 saturated carbocycles. The Balaban J connectivity index is 1.39. The van der Waals surface area contributed by atoms with Crippen LogP contribution in [-0.2, 0) is 11.3 Å². The van der Waals surface area contributed by atoms with Crippen molar-refractivity contribution in [2.45, 2.75) is 6.54 Å². The molecule has 1 saturated heterocycles. The first kappa shape index (κ1) is 17.9. The number of morpholine rings is 1. The molecule has 1 amide bonds. The maximum Gasteiger partial charge on any atom is 0.255 e. The summed E-state index contributed by atoms with van der Waals surface area (Å²) in [5.41, 5.74) is 3.45. The van der Waals surface area contributed by atoms with Crippen LogP contribution in [0, 0.1) is 0 Å². The molecule has 1 aliphatic heterocycles. The van der Waals surface area contributed by atoms with Gasteiger partial charge in [-0.3, -0.25) is 9.69 Å². The van der Waals surface area contributed by atoms with Crippen molar-refractivity contribution in [1.82, 2.24) is 9.88 Å². The molecule has 0 aliphatic carbocycles. The quantitative estimate of drug-likeness (QED) is 0.731. The van der Waals surface area contributed by atoms with Crippen molar-refractivity contribution in [1.29, 1.82) is 0 Å². The van der Waals surface area contributed by atoms with Crippen LogP contribution in [0.25, 0.3) is 11.3 Å². The van der Waals surface area contributed by atoms with Crippen molar-refractivity contribution >= 4 is 22.9 Å². The highest BCUT2D eigenvalue weighted by molar-refractivity contribution is 7.09. The molecule has 1 fully saturated rings. The highest BCUT2D eigenvalue weighted by atomic mass is 32.1. The number of thiazole rings is 1. The molecule has 2 aromatic carbocycles. The van der Waals surface area contributed by atoms with Gasteiger partial charge in [0.05, 0.1) is 25.5 Å². The average Bonchev–Trinajstić information content (AvgIpc) is 3.18. The minimum absolute atomic E-state index is 0.107. The third-order valence-electron chi connectivity index (χ3n) is 4.49. The Bertz CT molecular complexity index is 887. The molecule has 2 heterocycles. The maximum atomic E-state index is 12.2. The van der Waals surface area contributed by atoms with E-state index in [1.165, 1.54) is 0 Å². The van der Waals surface area contributed by atoms with Gasteiger partial charge in [-0.15, -0.1) is 11.3 Å². The minimum Gasteiger partial charge on any atom is -0.379 e. The number of benzene rings is 2. The number of anilines is 1. The first-order valence-electron chi connectivity index (χ1n) is 8.99. The second-order valence-electron chi connectivity index (χ2n) is 6.41. The Morgan fingerprint density at radius 1 is 1.07 bits per heavy atom. The monoisotopic (exact) mass is 379 g/mol. The molecule has 0 radical (unpaired) electrons. The number of carbonyl (C=O) groups excluding carboxylic acids is 1. The van der Waals surface area contributed by atoms with E-state index in [1.807, 2.05) is 42.5 Å². The van der Waals surface area contributed by atoms with Gasteiger partial charge in [0, 0.05) is 35.3 Å². The second-order valence-corrected chi connectivity index (χ2v) is 7.36. The Morgan fingerprint density at radius 3 is 2.56 bits per heavy atom. The van der Waals surface area contributed by atoms with E-state index in [2.05, 4.69) is 15.6 Å². The largest absolute Gasteiger partial charge is 0.379 e. The molecule has 0 unspecified atom stereocenters. The summed E-state index contributed by atoms with van der Waals surface area (Å²) in [7, 11) is 0. The minimum atomic E-state index is -0.107. The van der Waals surface area contributed by atoms with Gasteiger partial charge in [-0.2, -0.15) is 0 Å². The molecule has 6 heteroatoms. The molecule has 0 atom stereocenters. The third kappa shape index (κ3) is 4.60. The van der Waals surface area contributed by atoms with E-state index in [0.29, 0.717) is 5.56 Å². The predicted molar refractivity (Wildman–Crippen MR) is 108 cm³/mol. The summed E-state index contributed by atoms with van der Waals surface area (Å²) < 4.78 is 5.39. The highest BCUT2D eigenvalue weighted by Crippen LogP contribution is 2.24. The Labute approximate surface area is 162 Å². The topological polar surface area (TPSA) is 54.5 Å². The lowest BCUT2D eigenvalue weighted by molar-refractivity contribution is 0.0342. The van der Waals surface area contributed by atoms with Crippen LogP contribution in [0.5, 0.6) is 0 Å². The molecular formula is C21H21N3O2S. The van der Waals surface area contributed by atoms with E-state index in [9.17, 15) is 4.79 Å². The van der Waals surface area contributed by atoms with E-state index in [0.717, 1.165) is 54.8 Å². The van der Waals surface area contributed by atoms with Gasteiger partial charge in [-0.25, -0.2) is 4.98 Å². The summed E-state index contributed by atoms with van der Waals surface area (Å²) >= 11 is 1.69. The van der Waals surface area contributed by atoms with E-state index in [-0.39, 0.29) is 5.91 Å². The Morgan fingerprint density at radius 2 is 1.81 bits per heavy atom. The van der Waals surface area contributed by atoms with Crippen molar-refractivity contribution in [2.24, 2.45) is 0 Å². The average molecular weight is 379 g/mol. The van der Waals surface area contributed by atoms with Crippen molar-refractivity contribution in [3.8, 4) is 11.3 Å². The summed E-state index contributed by atoms with van der Waals surface area (Å²) in [6.45, 7) is 4.40. The fourth-order valence-electron chi connectivity index (χ4n) is 2.98. The molecule has 4 rings (SSSR count). The number of carbonyl (C=O) groups is 1. The van der Waals surface area contributed by atoms with Gasteiger partial charge in [-0.1, -0.05) is 30.3 Å². The van der Waals surface area contributed by atoms with Gasteiger partial charge in [0.1, 0.15) is 5.01 Å². The zero-order valence-electron chi connectivity index (χ0n) is 14.9. The molecule has 138 valence electrons. The SMILES string of the molecule is O=C(Nc1ccc(-c2csc(CN3CCOCC3)n2)cc1)c1ccccc1. The molecule has 1 aromatic heterocycles. The summed E-state index contributed by atoms with van der Waals surface area (Å²) in [4.78, 5) is 19.4. The second kappa shape index (κ2) is 8.43. The molecule has 27 heavy (non-hydrogen) atoms. The zero-order chi connectivity index (χ0) is 18.5. The van der Waals surface area contributed by atoms with Crippen LogP contribution in [0.3, 0.4) is 0 Å². The summed E-state index contributed by atoms with van der Waals surface area (Å²) in [5.74, 6) is -0.107. The third-order valence-corrected chi connectivity index (χ3v) is 5.32. The molecule has 0 bridgehead atoms. The van der Waals surface area contributed by atoms with Crippen molar-refractivity contribution in [3.05, 3.63) is 70.5 Å². The lowest BCUT2D eigenvalue weighted by Crippen LogP contribution is -2.35. The molecule has 1 aliphatic rings. The van der Waals surface area contributed by atoms with Gasteiger partial charge >= 0.3 is 0 Å². The van der Waals surface area contributed by atoms with Gasteiger partial charge in [0.25, 0.3) is 5.91 Å². The van der Waals surface area contributed by atoms with Crippen molar-refractivity contribution in [3.63, 3.8) is 0 Å². The van der Waals surface area contributed by atoms with Crippen LogP contribution in [0.1, 0.15) is 15.4 Å². The summed E-state index contributed by atoms with van der Waals surface area (Å²) in [6, 6.07) is 17.0. The summed E-state index contributed by atoms with van der Waals surface area (Å²) in [6.07, 6.45) is 0. The van der Waals surface area contributed by atoms with Gasteiger partial charge in [0.2, 0.25) is 0 Å². The van der Waals surface area contributed by atoms with Crippen LogP contribution in [-0.4, -0.2) is 42.1 Å². The van der Waals surface area contributed by atoms with E-state index >= 15 is 0 Å². The fraction of sp³-hybridized carbons (Fsp3) is 0.238. The lowest BCUT2D eigenvalue weighted by atomic mass is 10.1. The van der Waals surface area contributed by atoms with Gasteiger partial charge < -0.3 is 10.1 Å². The number of nitrogens with one attached hydrogen (secondary N) is 1. The molecule has 0 spiro atoms. The maximum absolute atomic E-state index is 12.2. The van der Waals surface area contributed by atoms with Crippen LogP contribution < -0.4 is 5.32 Å². The molecule has 1 N–H and O–H groups in total. The van der Waals surface area contributed by atoms with Crippen LogP contribution in [0.2, 0.25) is 0 Å². The van der Waals surface area contributed by atoms with Crippen LogP contribution in [0.15, 0.2) is 60.0 Å². The van der Waals surface area contributed by atoms with Crippen LogP contribution in [0.4, 0.5) is 5.69 Å². The van der Waals surface area contributed by atoms with Gasteiger partial charge in [-0.05, 0) is 24.3 Å². The number of rotatable bonds is 5. The number of amides is 1. The smallest absolute Gasteiger partial charge is 0.255 e. The molecule has 5 nitrogen and oxygen atoms in total. The zero-order valence-corrected chi connectivity index (χ0v) is 15.7. The normalized spacial score (nSPS) is 14.8. The van der Waals surface area contributed by atoms with E-state index < -0.39 is 0 Å². The van der Waals surface area contributed by atoms with E-state index in [1.54, 1.807) is 23.5 Å². The van der Waals surface area contributed by atoms with Gasteiger partial charge in [0.15, 0.2) is 0 Å². The van der Waals surface area contributed by atoms with Crippen molar-refractivity contribution < 1.29 is 9.53 Å². The first-order valence-corrected chi connectivity index (χ1v) is 9.87. The Kier molecular flexibility index (Phi) is 5.58. The Hall–Kier alpha value is -2.54. The predicted octanol–water partition coefficient (Wildman–Crippen LogP) is 3.89. The summed E-state index contributed by atoms with van der Waals surface area (Å²) in [5, 5.41) is 6.13. The number of aromatic nitrogens is 1. The lowest BCUT2D eigenvalue weighted by Gasteiger charge is -2.25. The number of ether oxygens (including phenoxy) is 1.